The van der Waals surface area contributed by atoms with Crippen molar-refractivity contribution >= 4 is 15.9 Å². The number of hydrogen-bond acceptors (Lipinski definition) is 2. The molecule has 2 atom stereocenters. The zero-order valence-corrected chi connectivity index (χ0v) is 13.4. The summed E-state index contributed by atoms with van der Waals surface area (Å²) < 4.78 is 7.14. The van der Waals surface area contributed by atoms with Crippen LogP contribution in [0.1, 0.15) is 52.1 Å². The number of rotatable bonds is 7. The fourth-order valence-electron chi connectivity index (χ4n) is 2.06. The molecule has 0 aliphatic carbocycles. The topological polar surface area (TPSA) is 21.3 Å². The molecule has 2 unspecified atom stereocenters. The van der Waals surface area contributed by atoms with Crippen molar-refractivity contribution in [3.63, 3.8) is 0 Å². The highest BCUT2D eigenvalue weighted by Gasteiger charge is 2.13. The molecule has 0 radical (unpaired) electrons. The lowest BCUT2D eigenvalue weighted by Crippen LogP contribution is -2.20. The number of benzene rings is 1. The highest BCUT2D eigenvalue weighted by Crippen LogP contribution is 2.29. The van der Waals surface area contributed by atoms with Crippen LogP contribution >= 0.6 is 15.9 Å². The minimum Gasteiger partial charge on any atom is -0.490 e. The molecule has 18 heavy (non-hydrogen) atoms. The van der Waals surface area contributed by atoms with Crippen LogP contribution in [0.5, 0.6) is 5.75 Å². The fraction of sp³-hybridized carbons (Fsp3) is 0.600. The third kappa shape index (κ3) is 4.62. The van der Waals surface area contributed by atoms with Crippen molar-refractivity contribution in [1.82, 2.24) is 5.32 Å². The van der Waals surface area contributed by atoms with E-state index in [1.165, 1.54) is 5.56 Å². The Balaban J connectivity index is 2.88. The van der Waals surface area contributed by atoms with Crippen LogP contribution in [-0.2, 0) is 0 Å². The molecule has 0 fully saturated rings. The number of halogens is 1. The monoisotopic (exact) mass is 313 g/mol. The van der Waals surface area contributed by atoms with E-state index in [0.717, 1.165) is 29.6 Å². The van der Waals surface area contributed by atoms with E-state index in [4.69, 9.17) is 4.74 Å². The Morgan fingerprint density at radius 1 is 1.28 bits per heavy atom. The summed E-state index contributed by atoms with van der Waals surface area (Å²) in [4.78, 5) is 0. The molecular weight excluding hydrogens is 290 g/mol. The first-order valence-electron chi connectivity index (χ1n) is 6.77. The number of ether oxygens (including phenoxy) is 1. The van der Waals surface area contributed by atoms with E-state index >= 15 is 0 Å². The Bertz CT molecular complexity index is 368. The molecule has 1 aromatic carbocycles. The Morgan fingerprint density at radius 3 is 2.61 bits per heavy atom. The van der Waals surface area contributed by atoms with Crippen molar-refractivity contribution in [3.8, 4) is 5.75 Å². The third-order valence-electron chi connectivity index (χ3n) is 2.97. The molecule has 0 saturated carbocycles. The van der Waals surface area contributed by atoms with Crippen molar-refractivity contribution in [1.29, 1.82) is 0 Å². The smallest absolute Gasteiger partial charge is 0.124 e. The van der Waals surface area contributed by atoms with Gasteiger partial charge in [-0.15, -0.1) is 0 Å². The van der Waals surface area contributed by atoms with Crippen LogP contribution in [0.2, 0.25) is 0 Å². The lowest BCUT2D eigenvalue weighted by atomic mass is 10.1. The highest BCUT2D eigenvalue weighted by atomic mass is 79.9. The van der Waals surface area contributed by atoms with E-state index in [1.807, 2.05) is 6.07 Å². The maximum atomic E-state index is 6.05. The van der Waals surface area contributed by atoms with Gasteiger partial charge in [-0.1, -0.05) is 36.2 Å². The van der Waals surface area contributed by atoms with Gasteiger partial charge < -0.3 is 10.1 Å². The van der Waals surface area contributed by atoms with E-state index in [1.54, 1.807) is 0 Å². The van der Waals surface area contributed by atoms with Gasteiger partial charge in [-0.05, 0) is 45.0 Å². The molecule has 0 aromatic heterocycles. The van der Waals surface area contributed by atoms with E-state index in [2.05, 4.69) is 61.1 Å². The van der Waals surface area contributed by atoms with Crippen molar-refractivity contribution in [3.05, 3.63) is 28.2 Å². The van der Waals surface area contributed by atoms with Gasteiger partial charge in [-0.3, -0.25) is 0 Å². The lowest BCUT2D eigenvalue weighted by Gasteiger charge is -2.21. The largest absolute Gasteiger partial charge is 0.490 e. The summed E-state index contributed by atoms with van der Waals surface area (Å²) in [5, 5.41) is 3.43. The van der Waals surface area contributed by atoms with Crippen molar-refractivity contribution in [2.45, 2.75) is 52.7 Å². The normalized spacial score (nSPS) is 14.3. The summed E-state index contributed by atoms with van der Waals surface area (Å²) in [6, 6.07) is 6.54. The van der Waals surface area contributed by atoms with Gasteiger partial charge in [0.15, 0.2) is 0 Å². The maximum Gasteiger partial charge on any atom is 0.124 e. The highest BCUT2D eigenvalue weighted by molar-refractivity contribution is 9.10. The van der Waals surface area contributed by atoms with E-state index < -0.39 is 0 Å². The van der Waals surface area contributed by atoms with Crippen LogP contribution in [0.3, 0.4) is 0 Å². The van der Waals surface area contributed by atoms with Gasteiger partial charge in [0.05, 0.1) is 6.10 Å². The molecule has 0 aliphatic heterocycles. The third-order valence-corrected chi connectivity index (χ3v) is 3.47. The molecule has 1 aromatic rings. The Morgan fingerprint density at radius 2 is 2.00 bits per heavy atom. The van der Waals surface area contributed by atoms with Gasteiger partial charge in [0.2, 0.25) is 0 Å². The average molecular weight is 314 g/mol. The van der Waals surface area contributed by atoms with E-state index in [9.17, 15) is 0 Å². The molecule has 0 amide bonds. The standard InChI is InChI=1S/C15H24BrNO/c1-5-7-11(3)18-15-9-8-13(16)10-14(15)12(4)17-6-2/h8-12,17H,5-7H2,1-4H3. The first-order chi connectivity index (χ1) is 8.58. The second kappa shape index (κ2) is 7.80. The van der Waals surface area contributed by atoms with Gasteiger partial charge in [0.1, 0.15) is 5.75 Å². The second-order valence-corrected chi connectivity index (χ2v) is 5.59. The van der Waals surface area contributed by atoms with Gasteiger partial charge in [0.25, 0.3) is 0 Å². The van der Waals surface area contributed by atoms with Crippen LogP contribution in [0, 0.1) is 0 Å². The summed E-state index contributed by atoms with van der Waals surface area (Å²) in [6.07, 6.45) is 2.50. The maximum absolute atomic E-state index is 6.05. The molecule has 0 saturated heterocycles. The summed E-state index contributed by atoms with van der Waals surface area (Å²) >= 11 is 3.53. The minimum atomic E-state index is 0.267. The van der Waals surface area contributed by atoms with Crippen LogP contribution in [0.4, 0.5) is 0 Å². The number of hydrogen-bond donors (Lipinski definition) is 1. The molecule has 0 spiro atoms. The van der Waals surface area contributed by atoms with Crippen LogP contribution in [0.15, 0.2) is 22.7 Å². The predicted octanol–water partition coefficient (Wildman–Crippen LogP) is 4.69. The van der Waals surface area contributed by atoms with Crippen molar-refractivity contribution < 1.29 is 4.74 Å². The molecule has 3 heteroatoms. The zero-order valence-electron chi connectivity index (χ0n) is 11.8. The Kier molecular flexibility index (Phi) is 6.72. The Hall–Kier alpha value is -0.540. The summed E-state index contributed by atoms with van der Waals surface area (Å²) in [5.74, 6) is 0.993. The van der Waals surface area contributed by atoms with Gasteiger partial charge in [0, 0.05) is 16.1 Å². The average Bonchev–Trinajstić information content (AvgIpc) is 2.32. The molecule has 0 aliphatic rings. The predicted molar refractivity (Wildman–Crippen MR) is 81.2 cm³/mol. The van der Waals surface area contributed by atoms with Crippen molar-refractivity contribution in [2.75, 3.05) is 6.54 Å². The zero-order chi connectivity index (χ0) is 13.5. The van der Waals surface area contributed by atoms with Crippen molar-refractivity contribution in [2.24, 2.45) is 0 Å². The molecule has 1 rings (SSSR count). The van der Waals surface area contributed by atoms with E-state index in [-0.39, 0.29) is 6.10 Å². The van der Waals surface area contributed by atoms with Crippen LogP contribution < -0.4 is 10.1 Å². The number of nitrogens with one attached hydrogen (secondary N) is 1. The molecule has 2 nitrogen and oxygen atoms in total. The van der Waals surface area contributed by atoms with Crippen LogP contribution in [-0.4, -0.2) is 12.6 Å². The minimum absolute atomic E-state index is 0.267. The molecule has 0 bridgehead atoms. The Labute approximate surface area is 119 Å². The van der Waals surface area contributed by atoms with E-state index in [0.29, 0.717) is 6.04 Å². The second-order valence-electron chi connectivity index (χ2n) is 4.68. The van der Waals surface area contributed by atoms with Crippen LogP contribution in [0.25, 0.3) is 0 Å². The van der Waals surface area contributed by atoms with Gasteiger partial charge in [-0.25, -0.2) is 0 Å². The quantitative estimate of drug-likeness (QED) is 0.788. The summed E-state index contributed by atoms with van der Waals surface area (Å²) in [7, 11) is 0. The lowest BCUT2D eigenvalue weighted by molar-refractivity contribution is 0.206. The first-order valence-corrected chi connectivity index (χ1v) is 7.57. The molecular formula is C15H24BrNO. The molecule has 0 heterocycles. The molecule has 102 valence electrons. The summed E-state index contributed by atoms with van der Waals surface area (Å²) in [5.41, 5.74) is 1.22. The fourth-order valence-corrected chi connectivity index (χ4v) is 2.44. The van der Waals surface area contributed by atoms with Gasteiger partial charge in [-0.2, -0.15) is 0 Å². The summed E-state index contributed by atoms with van der Waals surface area (Å²) in [6.45, 7) is 9.56. The van der Waals surface area contributed by atoms with Gasteiger partial charge >= 0.3 is 0 Å². The molecule has 1 N–H and O–H groups in total. The first kappa shape index (κ1) is 15.5. The SMILES string of the molecule is CCCC(C)Oc1ccc(Br)cc1C(C)NCC.